The van der Waals surface area contributed by atoms with Crippen molar-refractivity contribution in [2.45, 2.75) is 30.8 Å². The highest BCUT2D eigenvalue weighted by Crippen LogP contribution is 2.74. The molecule has 2 aliphatic carbocycles. The highest BCUT2D eigenvalue weighted by Gasteiger charge is 2.80. The molecule has 0 unspecified atom stereocenters. The number of carbonyl (C=O) groups is 1. The average Bonchev–Trinajstić information content (AvgIpc) is 3.22. The minimum absolute atomic E-state index is 0.0396. The molecule has 4 nitrogen and oxygen atoms in total. The predicted octanol–water partition coefficient (Wildman–Crippen LogP) is 2.42. The number of ether oxygens (including phenoxy) is 1. The zero-order chi connectivity index (χ0) is 17.0. The van der Waals surface area contributed by atoms with Crippen molar-refractivity contribution in [3.05, 3.63) is 42.0 Å². The molecule has 0 radical (unpaired) electrons. The Balaban J connectivity index is 1.66. The predicted molar refractivity (Wildman–Crippen MR) is 95.2 cm³/mol. The fourth-order valence-electron chi connectivity index (χ4n) is 7.68. The minimum atomic E-state index is -0.0798. The van der Waals surface area contributed by atoms with E-state index in [0.29, 0.717) is 17.9 Å². The van der Waals surface area contributed by atoms with Crippen LogP contribution >= 0.6 is 0 Å². The van der Waals surface area contributed by atoms with E-state index in [9.17, 15) is 4.79 Å². The lowest BCUT2D eigenvalue weighted by molar-refractivity contribution is -0.150. The molecule has 1 aromatic rings. The van der Waals surface area contributed by atoms with Crippen LogP contribution < -0.4 is 5.32 Å². The largest absolute Gasteiger partial charge is 0.469 e. The van der Waals surface area contributed by atoms with Gasteiger partial charge in [-0.3, -0.25) is 9.69 Å². The Bertz CT molecular complexity index is 820. The van der Waals surface area contributed by atoms with Crippen LogP contribution in [0.2, 0.25) is 0 Å². The summed E-state index contributed by atoms with van der Waals surface area (Å²) in [6.45, 7) is 4.63. The number of nitrogens with zero attached hydrogens (tertiary/aromatic N) is 1. The van der Waals surface area contributed by atoms with Crippen molar-refractivity contribution < 1.29 is 9.53 Å². The first-order chi connectivity index (χ1) is 12.1. The fourth-order valence-corrected chi connectivity index (χ4v) is 7.68. The van der Waals surface area contributed by atoms with Crippen molar-refractivity contribution in [1.29, 1.82) is 0 Å². The van der Waals surface area contributed by atoms with Crippen molar-refractivity contribution >= 4 is 11.7 Å². The number of hydrogen-bond donors (Lipinski definition) is 1. The Hall–Kier alpha value is -1.81. The quantitative estimate of drug-likeness (QED) is 0.632. The van der Waals surface area contributed by atoms with Gasteiger partial charge in [-0.05, 0) is 29.9 Å². The van der Waals surface area contributed by atoms with Gasteiger partial charge >= 0.3 is 5.97 Å². The molecule has 4 bridgehead atoms. The van der Waals surface area contributed by atoms with Crippen molar-refractivity contribution in [3.63, 3.8) is 0 Å². The van der Waals surface area contributed by atoms with Crippen LogP contribution in [0.4, 0.5) is 5.69 Å². The lowest BCUT2D eigenvalue weighted by atomic mass is 9.56. The Morgan fingerprint density at radius 1 is 1.36 bits per heavy atom. The number of nitrogens with one attached hydrogen (secondary N) is 1. The van der Waals surface area contributed by atoms with Crippen molar-refractivity contribution in [2.75, 3.05) is 25.5 Å². The SMILES string of the molecule is COC(=O)[C@@H]1C[C@]23C=CCN4C[C@H]([C@H]2C)[C@@]2(c5ccccc5N[C@@H]12)[C@@H]43. The molecule has 7 atom stereocenters. The number of benzene rings is 1. The number of piperidine rings is 1. The zero-order valence-corrected chi connectivity index (χ0v) is 14.7. The van der Waals surface area contributed by atoms with Crippen LogP contribution in [0.5, 0.6) is 0 Å². The fraction of sp³-hybridized carbons (Fsp3) is 0.571. The summed E-state index contributed by atoms with van der Waals surface area (Å²) < 4.78 is 5.26. The van der Waals surface area contributed by atoms with E-state index in [2.05, 4.69) is 53.6 Å². The molecule has 3 aliphatic heterocycles. The summed E-state index contributed by atoms with van der Waals surface area (Å²) in [5, 5.41) is 3.78. The lowest BCUT2D eigenvalue weighted by Gasteiger charge is -2.54. The molecule has 3 heterocycles. The monoisotopic (exact) mass is 336 g/mol. The molecule has 1 spiro atoms. The Morgan fingerprint density at radius 2 is 2.20 bits per heavy atom. The summed E-state index contributed by atoms with van der Waals surface area (Å²) >= 11 is 0. The van der Waals surface area contributed by atoms with Crippen LogP contribution in [0, 0.1) is 23.2 Å². The normalized spacial score (nSPS) is 48.0. The number of anilines is 1. The third kappa shape index (κ3) is 1.31. The van der Waals surface area contributed by atoms with Gasteiger partial charge in [-0.25, -0.2) is 0 Å². The second-order valence-electron chi connectivity index (χ2n) is 8.70. The maximum atomic E-state index is 12.8. The molecule has 1 saturated heterocycles. The first kappa shape index (κ1) is 14.4. The van der Waals surface area contributed by atoms with E-state index in [4.69, 9.17) is 4.74 Å². The van der Waals surface area contributed by atoms with Gasteiger partial charge < -0.3 is 10.1 Å². The minimum Gasteiger partial charge on any atom is -0.469 e. The Morgan fingerprint density at radius 3 is 3.04 bits per heavy atom. The van der Waals surface area contributed by atoms with E-state index < -0.39 is 0 Å². The van der Waals surface area contributed by atoms with E-state index >= 15 is 0 Å². The molecule has 0 aromatic heterocycles. The zero-order valence-electron chi connectivity index (χ0n) is 14.7. The number of carbonyl (C=O) groups excluding carboxylic acids is 1. The maximum Gasteiger partial charge on any atom is 0.310 e. The maximum absolute atomic E-state index is 12.8. The molecule has 0 amide bonds. The molecular formula is C21H24N2O2. The van der Waals surface area contributed by atoms with Crippen LogP contribution in [0.3, 0.4) is 0 Å². The standard InChI is InChI=1S/C21H24N2O2/c1-12-15-11-23-9-5-8-20(12)10-13(18(24)25-2)17-21(15,19(20)23)14-6-3-4-7-16(14)22-17/h3-8,12-13,15,17,19,22H,9-11H2,1-2H3/t12-,13-,15-,17+,19+,20-,21-/m1/s1. The molecular weight excluding hydrogens is 312 g/mol. The van der Waals surface area contributed by atoms with Gasteiger partial charge in [0.05, 0.1) is 19.1 Å². The summed E-state index contributed by atoms with van der Waals surface area (Å²) in [6.07, 6.45) is 5.71. The van der Waals surface area contributed by atoms with Gasteiger partial charge in [0.25, 0.3) is 0 Å². The number of rotatable bonds is 1. The van der Waals surface area contributed by atoms with E-state index in [1.54, 1.807) is 0 Å². The molecule has 4 heteroatoms. The Kier molecular flexibility index (Phi) is 2.47. The van der Waals surface area contributed by atoms with Crippen molar-refractivity contribution in [2.24, 2.45) is 23.2 Å². The highest BCUT2D eigenvalue weighted by atomic mass is 16.5. The second kappa shape index (κ2) is 4.29. The molecule has 130 valence electrons. The lowest BCUT2D eigenvalue weighted by Crippen LogP contribution is -2.63. The van der Waals surface area contributed by atoms with Crippen LogP contribution in [-0.2, 0) is 14.9 Å². The molecule has 2 saturated carbocycles. The number of para-hydroxylation sites is 1. The van der Waals surface area contributed by atoms with E-state index in [1.807, 2.05) is 0 Å². The van der Waals surface area contributed by atoms with Crippen LogP contribution in [0.1, 0.15) is 18.9 Å². The molecule has 3 fully saturated rings. The van der Waals surface area contributed by atoms with E-state index in [0.717, 1.165) is 19.5 Å². The van der Waals surface area contributed by atoms with Gasteiger partial charge in [0.2, 0.25) is 0 Å². The van der Waals surface area contributed by atoms with Crippen molar-refractivity contribution in [1.82, 2.24) is 4.90 Å². The van der Waals surface area contributed by atoms with Gasteiger partial charge in [-0.15, -0.1) is 0 Å². The molecule has 1 N–H and O–H groups in total. The first-order valence-corrected chi connectivity index (χ1v) is 9.50. The Labute approximate surface area is 148 Å². The molecule has 1 aromatic carbocycles. The third-order valence-electron chi connectivity index (χ3n) is 8.29. The first-order valence-electron chi connectivity index (χ1n) is 9.50. The summed E-state index contributed by atoms with van der Waals surface area (Å²) in [5.74, 6) is 1.06. The average molecular weight is 336 g/mol. The smallest absolute Gasteiger partial charge is 0.310 e. The number of fused-ring (bicyclic) bond motifs is 1. The van der Waals surface area contributed by atoms with Gasteiger partial charge in [-0.1, -0.05) is 37.3 Å². The number of hydrogen-bond acceptors (Lipinski definition) is 4. The van der Waals surface area contributed by atoms with Gasteiger partial charge in [-0.2, -0.15) is 0 Å². The van der Waals surface area contributed by atoms with Crippen LogP contribution in [0.25, 0.3) is 0 Å². The summed E-state index contributed by atoms with van der Waals surface area (Å²) in [6, 6.07) is 9.42. The summed E-state index contributed by atoms with van der Waals surface area (Å²) in [7, 11) is 1.53. The van der Waals surface area contributed by atoms with E-state index in [-0.39, 0.29) is 28.8 Å². The van der Waals surface area contributed by atoms with Crippen LogP contribution in [-0.4, -0.2) is 43.2 Å². The van der Waals surface area contributed by atoms with E-state index in [1.165, 1.54) is 18.4 Å². The van der Waals surface area contributed by atoms with Gasteiger partial charge in [0.15, 0.2) is 0 Å². The number of esters is 1. The molecule has 25 heavy (non-hydrogen) atoms. The third-order valence-corrected chi connectivity index (χ3v) is 8.29. The molecule has 5 aliphatic rings. The summed E-state index contributed by atoms with van der Waals surface area (Å²) in [4.78, 5) is 15.5. The van der Waals surface area contributed by atoms with Gasteiger partial charge in [0, 0.05) is 35.6 Å². The number of methoxy groups -OCH3 is 1. The summed E-state index contributed by atoms with van der Waals surface area (Å²) in [5.41, 5.74) is 2.82. The topological polar surface area (TPSA) is 41.6 Å². The van der Waals surface area contributed by atoms with Crippen molar-refractivity contribution in [3.8, 4) is 0 Å². The molecule has 6 rings (SSSR count). The second-order valence-corrected chi connectivity index (χ2v) is 8.70. The van der Waals surface area contributed by atoms with Crippen LogP contribution in [0.15, 0.2) is 36.4 Å². The highest BCUT2D eigenvalue weighted by molar-refractivity contribution is 5.79. The van der Waals surface area contributed by atoms with Gasteiger partial charge in [0.1, 0.15) is 0 Å².